The van der Waals surface area contributed by atoms with Crippen molar-refractivity contribution in [1.82, 2.24) is 4.57 Å². The average molecular weight is 681 g/mol. The number of nitrogens with zero attached hydrogens (tertiary/aromatic N) is 1. The molecule has 11 aromatic rings. The molecule has 0 saturated carbocycles. The molecule has 53 heavy (non-hydrogen) atoms. The predicted octanol–water partition coefficient (Wildman–Crippen LogP) is 14.2. The maximum Gasteiger partial charge on any atom is 0.144 e. The SMILES string of the molecule is [2H]c1c([2H])c([2H])c(-c2ccc(-c3c4ccccc4c(-c4ccc(-c5ccc6ccccc6c5)cc4)c4c3oc3ccccc34)c3c2c2ccccc2n3C)c([2H])c1[2H]. The molecule has 0 radical (unpaired) electrons. The predicted molar refractivity (Wildman–Crippen MR) is 224 cm³/mol. The second-order valence-corrected chi connectivity index (χ2v) is 13.7. The van der Waals surface area contributed by atoms with E-state index in [1.54, 1.807) is 0 Å². The van der Waals surface area contributed by atoms with E-state index in [4.69, 9.17) is 11.3 Å². The molecule has 2 heteroatoms. The van der Waals surface area contributed by atoms with E-state index >= 15 is 0 Å². The molecule has 9 aromatic carbocycles. The van der Waals surface area contributed by atoms with E-state index in [0.29, 0.717) is 5.56 Å². The van der Waals surface area contributed by atoms with Gasteiger partial charge >= 0.3 is 0 Å². The molecule has 0 bridgehead atoms. The number of benzene rings is 9. The quantitative estimate of drug-likeness (QED) is 0.181. The summed E-state index contributed by atoms with van der Waals surface area (Å²) in [7, 11) is 2.03. The highest BCUT2D eigenvalue weighted by Gasteiger charge is 2.25. The second kappa shape index (κ2) is 11.6. The van der Waals surface area contributed by atoms with Crippen LogP contribution in [-0.4, -0.2) is 4.57 Å². The van der Waals surface area contributed by atoms with E-state index in [-0.39, 0.29) is 29.7 Å². The smallest absolute Gasteiger partial charge is 0.144 e. The standard InChI is InChI=1S/C51H33NO/c1-52-44-21-11-9-19-41(44)47-38(34-14-3-2-4-15-34)29-30-43(50(47)52)48-40-18-8-7-17-39(40)46(49-42-20-10-12-22-45(42)53-51(48)49)35-26-23-33(24-27-35)37-28-25-32-13-5-6-16-36(32)31-37/h2-31H,1H3/i2D,3D,4D,14D,15D. The van der Waals surface area contributed by atoms with E-state index in [0.717, 1.165) is 87.9 Å². The Morgan fingerprint density at radius 2 is 1.09 bits per heavy atom. The van der Waals surface area contributed by atoms with Gasteiger partial charge in [-0.1, -0.05) is 164 Å². The maximum atomic E-state index is 8.96. The largest absolute Gasteiger partial charge is 0.455 e. The van der Waals surface area contributed by atoms with Gasteiger partial charge in [0.25, 0.3) is 0 Å². The summed E-state index contributed by atoms with van der Waals surface area (Å²) in [5.41, 5.74) is 10.5. The number of hydrogen-bond acceptors (Lipinski definition) is 1. The molecule has 0 saturated heterocycles. The Balaban J connectivity index is 1.22. The molecule has 2 heterocycles. The zero-order valence-corrected chi connectivity index (χ0v) is 28.8. The summed E-state index contributed by atoms with van der Waals surface area (Å²) in [4.78, 5) is 0. The Hall–Kier alpha value is -6.90. The summed E-state index contributed by atoms with van der Waals surface area (Å²) in [5.74, 6) is 0. The maximum absolute atomic E-state index is 8.96. The van der Waals surface area contributed by atoms with Crippen LogP contribution in [0.2, 0.25) is 0 Å². The molecule has 248 valence electrons. The van der Waals surface area contributed by atoms with Crippen molar-refractivity contribution in [3.63, 3.8) is 0 Å². The number of para-hydroxylation sites is 2. The number of furan rings is 1. The lowest BCUT2D eigenvalue weighted by Gasteiger charge is -2.17. The minimum Gasteiger partial charge on any atom is -0.455 e. The first-order valence-corrected chi connectivity index (χ1v) is 17.8. The van der Waals surface area contributed by atoms with Gasteiger partial charge in [0.15, 0.2) is 0 Å². The topological polar surface area (TPSA) is 18.1 Å². The average Bonchev–Trinajstić information content (AvgIpc) is 3.80. The summed E-state index contributed by atoms with van der Waals surface area (Å²) in [6, 6.07) is 51.0. The lowest BCUT2D eigenvalue weighted by atomic mass is 9.86. The molecule has 2 aromatic heterocycles. The van der Waals surface area contributed by atoms with Crippen LogP contribution in [0.15, 0.2) is 186 Å². The van der Waals surface area contributed by atoms with E-state index in [2.05, 4.69) is 114 Å². The van der Waals surface area contributed by atoms with Crippen molar-refractivity contribution in [2.24, 2.45) is 7.05 Å². The lowest BCUT2D eigenvalue weighted by Crippen LogP contribution is -1.94. The van der Waals surface area contributed by atoms with Gasteiger partial charge in [0.2, 0.25) is 0 Å². The monoisotopic (exact) mass is 680 g/mol. The van der Waals surface area contributed by atoms with Gasteiger partial charge in [-0.25, -0.2) is 0 Å². The summed E-state index contributed by atoms with van der Waals surface area (Å²) >= 11 is 0. The Morgan fingerprint density at radius 1 is 0.472 bits per heavy atom. The third-order valence-electron chi connectivity index (χ3n) is 10.9. The molecule has 11 rings (SSSR count). The van der Waals surface area contributed by atoms with Crippen molar-refractivity contribution in [2.45, 2.75) is 0 Å². The van der Waals surface area contributed by atoms with E-state index in [1.165, 1.54) is 10.8 Å². The molecule has 2 nitrogen and oxygen atoms in total. The van der Waals surface area contributed by atoms with Crippen molar-refractivity contribution < 1.29 is 11.3 Å². The third kappa shape index (κ3) is 4.46. The summed E-state index contributed by atoms with van der Waals surface area (Å²) in [6.45, 7) is 0. The molecule has 0 spiro atoms. The molecule has 0 aliphatic rings. The fourth-order valence-corrected chi connectivity index (χ4v) is 8.52. The van der Waals surface area contributed by atoms with Crippen LogP contribution in [0.5, 0.6) is 0 Å². The number of aryl methyl sites for hydroxylation is 1. The zero-order chi connectivity index (χ0) is 39.4. The Kier molecular flexibility index (Phi) is 5.48. The molecule has 0 amide bonds. The molecule has 0 aliphatic heterocycles. The normalized spacial score (nSPS) is 13.2. The van der Waals surface area contributed by atoms with Crippen LogP contribution in [0, 0.1) is 0 Å². The van der Waals surface area contributed by atoms with Crippen molar-refractivity contribution >= 4 is 65.3 Å². The molecule has 0 fully saturated rings. The minimum atomic E-state index is -0.410. The molecule has 0 unspecified atom stereocenters. The Bertz CT molecular complexity index is 3500. The highest BCUT2D eigenvalue weighted by molar-refractivity contribution is 6.29. The van der Waals surface area contributed by atoms with Gasteiger partial charge in [0.05, 0.1) is 12.4 Å². The van der Waals surface area contributed by atoms with E-state index < -0.39 is 6.04 Å². The van der Waals surface area contributed by atoms with Crippen LogP contribution in [0.3, 0.4) is 0 Å². The Labute approximate surface area is 313 Å². The van der Waals surface area contributed by atoms with Crippen LogP contribution in [-0.2, 0) is 7.05 Å². The summed E-state index contributed by atoms with van der Waals surface area (Å²) in [6.07, 6.45) is 0. The molecule has 0 aliphatic carbocycles. The molecular formula is C51H33NO. The first kappa shape index (κ1) is 25.1. The molecular weight excluding hydrogens is 643 g/mol. The molecule has 0 N–H and O–H groups in total. The van der Waals surface area contributed by atoms with E-state index in [9.17, 15) is 0 Å². The first-order chi connectivity index (χ1) is 28.3. The van der Waals surface area contributed by atoms with Gasteiger partial charge in [-0.05, 0) is 67.6 Å². The van der Waals surface area contributed by atoms with Crippen molar-refractivity contribution in [3.8, 4) is 44.5 Å². The van der Waals surface area contributed by atoms with E-state index in [1.807, 2.05) is 49.5 Å². The van der Waals surface area contributed by atoms with Crippen molar-refractivity contribution in [1.29, 1.82) is 0 Å². The second-order valence-electron chi connectivity index (χ2n) is 13.7. The number of hydrogen-bond donors (Lipinski definition) is 0. The number of aromatic nitrogens is 1. The fourth-order valence-electron chi connectivity index (χ4n) is 8.52. The van der Waals surface area contributed by atoms with Gasteiger partial charge in [-0.3, -0.25) is 0 Å². The van der Waals surface area contributed by atoms with Crippen LogP contribution in [0.4, 0.5) is 0 Å². The van der Waals surface area contributed by atoms with Gasteiger partial charge in [0, 0.05) is 50.8 Å². The number of rotatable bonds is 4. The minimum absolute atomic E-state index is 0.181. The van der Waals surface area contributed by atoms with Crippen LogP contribution >= 0.6 is 0 Å². The fraction of sp³-hybridized carbons (Fsp3) is 0.0196. The first-order valence-electron chi connectivity index (χ1n) is 20.3. The van der Waals surface area contributed by atoms with Crippen LogP contribution < -0.4 is 0 Å². The third-order valence-corrected chi connectivity index (χ3v) is 10.9. The summed E-state index contributed by atoms with van der Waals surface area (Å²) in [5, 5.41) is 8.30. The highest BCUT2D eigenvalue weighted by Crippen LogP contribution is 2.50. The highest BCUT2D eigenvalue weighted by atomic mass is 16.3. The van der Waals surface area contributed by atoms with Crippen molar-refractivity contribution in [3.05, 3.63) is 182 Å². The zero-order valence-electron chi connectivity index (χ0n) is 33.8. The van der Waals surface area contributed by atoms with Gasteiger partial charge in [-0.2, -0.15) is 0 Å². The van der Waals surface area contributed by atoms with Crippen LogP contribution in [0.25, 0.3) is 110 Å². The Morgan fingerprint density at radius 3 is 1.91 bits per heavy atom. The van der Waals surface area contributed by atoms with Crippen LogP contribution in [0.1, 0.15) is 6.85 Å². The van der Waals surface area contributed by atoms with Gasteiger partial charge < -0.3 is 8.98 Å². The van der Waals surface area contributed by atoms with Crippen molar-refractivity contribution in [2.75, 3.05) is 0 Å². The van der Waals surface area contributed by atoms with Gasteiger partial charge in [0.1, 0.15) is 11.2 Å². The summed E-state index contributed by atoms with van der Waals surface area (Å²) < 4.78 is 52.4. The molecule has 0 atom stereocenters. The van der Waals surface area contributed by atoms with Gasteiger partial charge in [-0.15, -0.1) is 0 Å². The number of fused-ring (bicyclic) bond motifs is 8. The lowest BCUT2D eigenvalue weighted by molar-refractivity contribution is 0.670.